The molecule has 1 amide bonds. The first-order valence-electron chi connectivity index (χ1n) is 6.94. The average Bonchev–Trinajstić information content (AvgIpc) is 2.74. The molecule has 0 spiro atoms. The summed E-state index contributed by atoms with van der Waals surface area (Å²) in [6.07, 6.45) is 2.50. The zero-order chi connectivity index (χ0) is 15.8. The Bertz CT molecular complexity index is 584. The van der Waals surface area contributed by atoms with Crippen molar-refractivity contribution < 1.29 is 14.7 Å². The maximum Gasteiger partial charge on any atom is 0.328 e. The maximum atomic E-state index is 12.2. The molecule has 5 heteroatoms. The molecule has 1 fully saturated rings. The largest absolute Gasteiger partial charge is 0.478 e. The fraction of sp³-hybridized carbons (Fsp3) is 0.500. The number of aliphatic carboxylic acids is 1. The smallest absolute Gasteiger partial charge is 0.328 e. The van der Waals surface area contributed by atoms with Crippen LogP contribution < -0.4 is 5.32 Å². The van der Waals surface area contributed by atoms with Gasteiger partial charge in [0.25, 0.3) is 5.91 Å². The minimum absolute atomic E-state index is 0.131. The summed E-state index contributed by atoms with van der Waals surface area (Å²) in [6, 6.07) is 1.75. The molecule has 1 aliphatic rings. The van der Waals surface area contributed by atoms with Gasteiger partial charge in [0.05, 0.1) is 4.88 Å². The first-order valence-corrected chi connectivity index (χ1v) is 7.82. The minimum atomic E-state index is -1.02. The van der Waals surface area contributed by atoms with Crippen molar-refractivity contribution in [2.75, 3.05) is 6.54 Å². The summed E-state index contributed by atoms with van der Waals surface area (Å²) in [7, 11) is 0. The number of rotatable bonds is 5. The number of carboxylic acids is 1. The van der Waals surface area contributed by atoms with Crippen LogP contribution in [0.3, 0.4) is 0 Å². The van der Waals surface area contributed by atoms with Crippen LogP contribution in [0.2, 0.25) is 0 Å². The van der Waals surface area contributed by atoms with Crippen LogP contribution in [0.4, 0.5) is 0 Å². The molecule has 0 radical (unpaired) electrons. The molecule has 2 N–H and O–H groups in total. The lowest BCUT2D eigenvalue weighted by Gasteiger charge is -2.06. The molecule has 0 atom stereocenters. The standard InChI is InChI=1S/C16H21NO3S/c1-15(2)11(16(15,3)4)9-17-14(20)13-10(7-8-21-13)5-6-12(18)19/h5-8,11H,9H2,1-4H3,(H,17,20)(H,18,19). The number of hydrogen-bond donors (Lipinski definition) is 2. The van der Waals surface area contributed by atoms with Gasteiger partial charge in [-0.2, -0.15) is 0 Å². The van der Waals surface area contributed by atoms with Gasteiger partial charge in [-0.1, -0.05) is 27.7 Å². The van der Waals surface area contributed by atoms with E-state index in [1.54, 1.807) is 11.4 Å². The Morgan fingerprint density at radius 1 is 1.33 bits per heavy atom. The summed E-state index contributed by atoms with van der Waals surface area (Å²) in [5.41, 5.74) is 1.12. The van der Waals surface area contributed by atoms with Crippen molar-refractivity contribution in [1.29, 1.82) is 0 Å². The van der Waals surface area contributed by atoms with Crippen molar-refractivity contribution in [3.63, 3.8) is 0 Å². The highest BCUT2D eigenvalue weighted by atomic mass is 32.1. The quantitative estimate of drug-likeness (QED) is 0.821. The third-order valence-electron chi connectivity index (χ3n) is 5.09. The highest BCUT2D eigenvalue weighted by Crippen LogP contribution is 2.67. The molecule has 1 heterocycles. The predicted octanol–water partition coefficient (Wildman–Crippen LogP) is 3.26. The van der Waals surface area contributed by atoms with Gasteiger partial charge in [-0.15, -0.1) is 11.3 Å². The van der Waals surface area contributed by atoms with Crippen LogP contribution in [0.25, 0.3) is 6.08 Å². The number of hydrogen-bond acceptors (Lipinski definition) is 3. The van der Waals surface area contributed by atoms with Crippen LogP contribution in [0.1, 0.15) is 42.9 Å². The fourth-order valence-corrected chi connectivity index (χ4v) is 3.72. The maximum absolute atomic E-state index is 12.2. The van der Waals surface area contributed by atoms with Gasteiger partial charge in [-0.05, 0) is 39.8 Å². The van der Waals surface area contributed by atoms with Gasteiger partial charge in [-0.3, -0.25) is 4.79 Å². The van der Waals surface area contributed by atoms with E-state index in [1.165, 1.54) is 17.4 Å². The molecule has 21 heavy (non-hydrogen) atoms. The van der Waals surface area contributed by atoms with Crippen LogP contribution in [0, 0.1) is 16.7 Å². The molecule has 0 saturated heterocycles. The number of amides is 1. The van der Waals surface area contributed by atoms with Crippen molar-refractivity contribution in [3.8, 4) is 0 Å². The van der Waals surface area contributed by atoms with E-state index in [-0.39, 0.29) is 16.7 Å². The van der Waals surface area contributed by atoms with Gasteiger partial charge in [0.1, 0.15) is 0 Å². The van der Waals surface area contributed by atoms with Gasteiger partial charge in [0, 0.05) is 12.6 Å². The number of carbonyl (C=O) groups is 2. The van der Waals surface area contributed by atoms with Crippen LogP contribution in [-0.2, 0) is 4.79 Å². The van der Waals surface area contributed by atoms with Crippen molar-refractivity contribution in [3.05, 3.63) is 28.0 Å². The van der Waals surface area contributed by atoms with Crippen molar-refractivity contribution >= 4 is 29.3 Å². The molecule has 0 unspecified atom stereocenters. The fourth-order valence-electron chi connectivity index (χ4n) is 2.91. The summed E-state index contributed by atoms with van der Waals surface area (Å²) >= 11 is 1.32. The molecule has 0 aliphatic heterocycles. The Hall–Kier alpha value is -1.62. The Kier molecular flexibility index (Phi) is 3.97. The Morgan fingerprint density at radius 2 is 1.95 bits per heavy atom. The lowest BCUT2D eigenvalue weighted by molar-refractivity contribution is -0.131. The van der Waals surface area contributed by atoms with E-state index in [1.807, 2.05) is 0 Å². The van der Waals surface area contributed by atoms with Crippen LogP contribution in [0.15, 0.2) is 17.5 Å². The SMILES string of the molecule is CC1(C)C(CNC(=O)c2sccc2C=CC(=O)O)C1(C)C. The van der Waals surface area contributed by atoms with Crippen LogP contribution in [-0.4, -0.2) is 23.5 Å². The van der Waals surface area contributed by atoms with Crippen LogP contribution in [0.5, 0.6) is 0 Å². The lowest BCUT2D eigenvalue weighted by Crippen LogP contribution is -2.26. The van der Waals surface area contributed by atoms with Crippen molar-refractivity contribution in [1.82, 2.24) is 5.32 Å². The normalized spacial score (nSPS) is 19.6. The van der Waals surface area contributed by atoms with Gasteiger partial charge >= 0.3 is 5.97 Å². The van der Waals surface area contributed by atoms with Crippen molar-refractivity contribution in [2.24, 2.45) is 16.7 Å². The molecule has 4 nitrogen and oxygen atoms in total. The van der Waals surface area contributed by atoms with Gasteiger partial charge in [-0.25, -0.2) is 4.79 Å². The second-order valence-corrected chi connectivity index (χ2v) is 7.50. The van der Waals surface area contributed by atoms with Gasteiger partial charge in [0.15, 0.2) is 0 Å². The molecule has 114 valence electrons. The third-order valence-corrected chi connectivity index (χ3v) is 6.02. The van der Waals surface area contributed by atoms with E-state index < -0.39 is 5.97 Å². The van der Waals surface area contributed by atoms with Crippen LogP contribution >= 0.6 is 11.3 Å². The zero-order valence-electron chi connectivity index (χ0n) is 12.8. The van der Waals surface area contributed by atoms with E-state index in [0.717, 1.165) is 6.08 Å². The number of carboxylic acid groups (broad SMARTS) is 1. The molecule has 1 saturated carbocycles. The average molecular weight is 307 g/mol. The van der Waals surface area contributed by atoms with Crippen molar-refractivity contribution in [2.45, 2.75) is 27.7 Å². The highest BCUT2D eigenvalue weighted by Gasteiger charge is 2.64. The molecule has 1 aromatic rings. The zero-order valence-corrected chi connectivity index (χ0v) is 13.6. The molecule has 0 aromatic carbocycles. The van der Waals surface area contributed by atoms with E-state index in [2.05, 4.69) is 33.0 Å². The summed E-state index contributed by atoms with van der Waals surface area (Å²) in [5, 5.41) is 13.4. The second-order valence-electron chi connectivity index (χ2n) is 6.58. The summed E-state index contributed by atoms with van der Waals surface area (Å²) in [4.78, 5) is 23.4. The molecular formula is C16H21NO3S. The molecule has 1 aromatic heterocycles. The Labute approximate surface area is 128 Å². The third kappa shape index (κ3) is 2.88. The van der Waals surface area contributed by atoms with E-state index in [0.29, 0.717) is 22.9 Å². The summed E-state index contributed by atoms with van der Waals surface area (Å²) in [5.74, 6) is -0.686. The topological polar surface area (TPSA) is 66.4 Å². The predicted molar refractivity (Wildman–Crippen MR) is 84.4 cm³/mol. The van der Waals surface area contributed by atoms with E-state index in [9.17, 15) is 9.59 Å². The molecule has 2 rings (SSSR count). The summed E-state index contributed by atoms with van der Waals surface area (Å²) in [6.45, 7) is 9.52. The Morgan fingerprint density at radius 3 is 2.48 bits per heavy atom. The summed E-state index contributed by atoms with van der Waals surface area (Å²) < 4.78 is 0. The lowest BCUT2D eigenvalue weighted by atomic mass is 10.0. The monoisotopic (exact) mass is 307 g/mol. The molecular weight excluding hydrogens is 286 g/mol. The Balaban J connectivity index is 2.00. The van der Waals surface area contributed by atoms with E-state index in [4.69, 9.17) is 5.11 Å². The molecule has 1 aliphatic carbocycles. The number of carbonyl (C=O) groups excluding carboxylic acids is 1. The first kappa shape index (κ1) is 15.8. The van der Waals surface area contributed by atoms with Gasteiger partial charge < -0.3 is 10.4 Å². The highest BCUT2D eigenvalue weighted by molar-refractivity contribution is 7.12. The second kappa shape index (κ2) is 5.30. The first-order chi connectivity index (χ1) is 9.68. The molecule has 0 bridgehead atoms. The number of thiophene rings is 1. The number of nitrogens with one attached hydrogen (secondary N) is 1. The van der Waals surface area contributed by atoms with E-state index >= 15 is 0 Å². The minimum Gasteiger partial charge on any atom is -0.478 e. The van der Waals surface area contributed by atoms with Gasteiger partial charge in [0.2, 0.25) is 0 Å².